The average molecular weight is 385 g/mol. The lowest BCUT2D eigenvalue weighted by Crippen LogP contribution is -1.73. The minimum absolute atomic E-state index is 1.17. The molecule has 2 aromatic heterocycles. The van der Waals surface area contributed by atoms with Crippen LogP contribution in [0.4, 0.5) is 0 Å². The SMILES string of the molecule is C=C/C=C(\C=C/C)c1cc2sc(/C(C=C)=C/C=C\C)cc2s1.CC.CC. The molecule has 0 nitrogen and oxygen atoms in total. The Labute approximate surface area is 168 Å². The van der Waals surface area contributed by atoms with E-state index < -0.39 is 0 Å². The predicted octanol–water partition coefficient (Wildman–Crippen LogP) is 9.31. The van der Waals surface area contributed by atoms with Crippen LogP contribution in [0.25, 0.3) is 20.5 Å². The van der Waals surface area contributed by atoms with Crippen LogP contribution in [0.3, 0.4) is 0 Å². The van der Waals surface area contributed by atoms with Crippen molar-refractivity contribution in [1.82, 2.24) is 0 Å². The van der Waals surface area contributed by atoms with Gasteiger partial charge in [0.15, 0.2) is 0 Å². The van der Waals surface area contributed by atoms with Crippen molar-refractivity contribution in [3.05, 3.63) is 83.7 Å². The predicted molar refractivity (Wildman–Crippen MR) is 128 cm³/mol. The lowest BCUT2D eigenvalue weighted by atomic mass is 10.2. The van der Waals surface area contributed by atoms with Gasteiger partial charge in [0.25, 0.3) is 0 Å². The molecule has 0 saturated heterocycles. The van der Waals surface area contributed by atoms with Gasteiger partial charge in [-0.05, 0) is 37.1 Å². The summed E-state index contributed by atoms with van der Waals surface area (Å²) in [5.74, 6) is 0. The molecular formula is C24H32S2. The van der Waals surface area contributed by atoms with Crippen LogP contribution in [0.2, 0.25) is 0 Å². The second kappa shape index (κ2) is 14.3. The first-order chi connectivity index (χ1) is 12.7. The Morgan fingerprint density at radius 1 is 0.808 bits per heavy atom. The van der Waals surface area contributed by atoms with E-state index in [0.717, 1.165) is 0 Å². The van der Waals surface area contributed by atoms with Crippen molar-refractivity contribution in [2.75, 3.05) is 0 Å². The summed E-state index contributed by atoms with van der Waals surface area (Å²) in [6.07, 6.45) is 16.2. The number of fused-ring (bicyclic) bond motifs is 1. The summed E-state index contributed by atoms with van der Waals surface area (Å²) in [7, 11) is 0. The van der Waals surface area contributed by atoms with E-state index in [-0.39, 0.29) is 0 Å². The maximum absolute atomic E-state index is 3.92. The fourth-order valence-corrected chi connectivity index (χ4v) is 4.52. The van der Waals surface area contributed by atoms with Crippen molar-refractivity contribution < 1.29 is 0 Å². The van der Waals surface area contributed by atoms with Gasteiger partial charge < -0.3 is 0 Å². The van der Waals surface area contributed by atoms with Crippen LogP contribution >= 0.6 is 22.7 Å². The van der Waals surface area contributed by atoms with Gasteiger partial charge in [0.05, 0.1) is 0 Å². The molecule has 0 aromatic carbocycles. The Hall–Kier alpha value is -1.90. The second-order valence-corrected chi connectivity index (χ2v) is 6.83. The number of hydrogen-bond acceptors (Lipinski definition) is 2. The molecule has 0 amide bonds. The van der Waals surface area contributed by atoms with E-state index in [0.29, 0.717) is 0 Å². The second-order valence-electron chi connectivity index (χ2n) is 4.66. The zero-order valence-electron chi connectivity index (χ0n) is 17.0. The summed E-state index contributed by atoms with van der Waals surface area (Å²) in [6, 6.07) is 4.52. The molecule has 0 aliphatic heterocycles. The van der Waals surface area contributed by atoms with Crippen LogP contribution < -0.4 is 0 Å². The largest absolute Gasteiger partial charge is 0.134 e. The van der Waals surface area contributed by atoms with Gasteiger partial charge >= 0.3 is 0 Å². The summed E-state index contributed by atoms with van der Waals surface area (Å²) >= 11 is 3.64. The lowest BCUT2D eigenvalue weighted by Gasteiger charge is -1.97. The average Bonchev–Trinajstić information content (AvgIpc) is 3.25. The van der Waals surface area contributed by atoms with E-state index in [9.17, 15) is 0 Å². The highest BCUT2D eigenvalue weighted by atomic mass is 32.1. The molecule has 2 aromatic rings. The van der Waals surface area contributed by atoms with Gasteiger partial charge in [-0.2, -0.15) is 0 Å². The first-order valence-corrected chi connectivity index (χ1v) is 10.8. The van der Waals surface area contributed by atoms with Gasteiger partial charge in [-0.3, -0.25) is 0 Å². The molecule has 0 atom stereocenters. The van der Waals surface area contributed by atoms with E-state index in [1.54, 1.807) is 0 Å². The zero-order valence-corrected chi connectivity index (χ0v) is 18.6. The number of thiophene rings is 2. The Balaban J connectivity index is 0.00000146. The first kappa shape index (κ1) is 24.1. The zero-order chi connectivity index (χ0) is 19.9. The Bertz CT molecular complexity index is 758. The molecule has 0 aliphatic rings. The quantitative estimate of drug-likeness (QED) is 0.435. The van der Waals surface area contributed by atoms with Crippen molar-refractivity contribution in [2.24, 2.45) is 0 Å². The maximum Gasteiger partial charge on any atom is 0.0463 e. The molecule has 26 heavy (non-hydrogen) atoms. The normalized spacial score (nSPS) is 11.9. The molecule has 0 N–H and O–H groups in total. The monoisotopic (exact) mass is 384 g/mol. The maximum atomic E-state index is 3.92. The van der Waals surface area contributed by atoms with Crippen molar-refractivity contribution in [1.29, 1.82) is 0 Å². The minimum atomic E-state index is 1.17. The topological polar surface area (TPSA) is 0 Å². The third-order valence-electron chi connectivity index (χ3n) is 3.11. The summed E-state index contributed by atoms with van der Waals surface area (Å²) < 4.78 is 2.64. The van der Waals surface area contributed by atoms with Crippen molar-refractivity contribution in [3.63, 3.8) is 0 Å². The molecule has 2 rings (SSSR count). The van der Waals surface area contributed by atoms with Gasteiger partial charge in [-0.25, -0.2) is 0 Å². The molecule has 0 aliphatic carbocycles. The summed E-state index contributed by atoms with van der Waals surface area (Å²) in [5, 5.41) is 0. The van der Waals surface area contributed by atoms with Crippen LogP contribution in [-0.2, 0) is 0 Å². The number of hydrogen-bond donors (Lipinski definition) is 0. The standard InChI is InChI=1S/C20H20S2.2C2H6/c1-5-9-12-15(8-4)17-13-19-20(21-17)14-18(22-19)16(10-6-2)11-7-3;2*1-2/h5-14H,2,4H2,1,3H3;2*1-2H3/b9-5-,11-7-,15-12+,16-10+;;. The third-order valence-corrected chi connectivity index (χ3v) is 5.50. The van der Waals surface area contributed by atoms with Crippen LogP contribution in [-0.4, -0.2) is 0 Å². The molecule has 0 bridgehead atoms. The highest BCUT2D eigenvalue weighted by Crippen LogP contribution is 2.39. The van der Waals surface area contributed by atoms with E-state index in [1.807, 2.05) is 88.5 Å². The van der Waals surface area contributed by atoms with Gasteiger partial charge in [0, 0.05) is 19.2 Å². The summed E-state index contributed by atoms with van der Waals surface area (Å²) in [5.41, 5.74) is 2.38. The molecule has 0 unspecified atom stereocenters. The van der Waals surface area contributed by atoms with Gasteiger partial charge in [0.1, 0.15) is 0 Å². The van der Waals surface area contributed by atoms with Crippen LogP contribution in [0, 0.1) is 0 Å². The van der Waals surface area contributed by atoms with Crippen molar-refractivity contribution in [3.8, 4) is 0 Å². The lowest BCUT2D eigenvalue weighted by molar-refractivity contribution is 1.50. The highest BCUT2D eigenvalue weighted by Gasteiger charge is 2.09. The van der Waals surface area contributed by atoms with Crippen LogP contribution in [0.1, 0.15) is 51.3 Å². The van der Waals surface area contributed by atoms with E-state index in [1.165, 1.54) is 30.3 Å². The van der Waals surface area contributed by atoms with Crippen molar-refractivity contribution >= 4 is 43.2 Å². The van der Waals surface area contributed by atoms with Crippen LogP contribution in [0.15, 0.2) is 73.9 Å². The van der Waals surface area contributed by atoms with Gasteiger partial charge in [-0.1, -0.05) is 89.5 Å². The summed E-state index contributed by atoms with van der Waals surface area (Å²) in [4.78, 5) is 2.55. The molecule has 2 heterocycles. The summed E-state index contributed by atoms with van der Waals surface area (Å²) in [6.45, 7) is 19.8. The fraction of sp³-hybridized carbons (Fsp3) is 0.250. The van der Waals surface area contributed by atoms with Gasteiger partial charge in [-0.15, -0.1) is 22.7 Å². The molecule has 0 spiro atoms. The Morgan fingerprint density at radius 3 is 1.77 bits per heavy atom. The third kappa shape index (κ3) is 6.78. The molecule has 2 heteroatoms. The minimum Gasteiger partial charge on any atom is -0.134 e. The highest BCUT2D eigenvalue weighted by molar-refractivity contribution is 7.28. The van der Waals surface area contributed by atoms with E-state index >= 15 is 0 Å². The fourth-order valence-electron chi connectivity index (χ4n) is 2.10. The smallest absolute Gasteiger partial charge is 0.0463 e. The van der Waals surface area contributed by atoms with E-state index in [4.69, 9.17) is 0 Å². The molecule has 0 radical (unpaired) electrons. The molecular weight excluding hydrogens is 352 g/mol. The Kier molecular flexibility index (Phi) is 13.2. The van der Waals surface area contributed by atoms with Gasteiger partial charge in [0.2, 0.25) is 0 Å². The van der Waals surface area contributed by atoms with Crippen molar-refractivity contribution in [2.45, 2.75) is 41.5 Å². The molecule has 140 valence electrons. The Morgan fingerprint density at radius 2 is 1.35 bits per heavy atom. The molecule has 0 fully saturated rings. The number of allylic oxidation sites excluding steroid dienone is 10. The first-order valence-electron chi connectivity index (χ1n) is 9.18. The molecule has 0 saturated carbocycles. The van der Waals surface area contributed by atoms with Crippen LogP contribution in [0.5, 0.6) is 0 Å². The number of rotatable bonds is 6. The van der Waals surface area contributed by atoms with E-state index in [2.05, 4.69) is 49.6 Å².